The lowest BCUT2D eigenvalue weighted by Crippen LogP contribution is -2.38. The molecule has 13 heteroatoms. The molecule has 2 amide bonds. The second kappa shape index (κ2) is 13.8. The molecule has 1 aliphatic carbocycles. The van der Waals surface area contributed by atoms with Crippen molar-refractivity contribution in [3.05, 3.63) is 78.5 Å². The maximum Gasteiger partial charge on any atom is 0.317 e. The molecular weight excluding hydrogens is 626 g/mol. The van der Waals surface area contributed by atoms with Gasteiger partial charge in [0.05, 0.1) is 25.8 Å². The minimum absolute atomic E-state index is 0.0363. The number of carbonyl (C=O) groups is 3. The van der Waals surface area contributed by atoms with Crippen LogP contribution in [0.15, 0.2) is 66.9 Å². The molecule has 6 rings (SSSR count). The Balaban J connectivity index is 1.10. The van der Waals surface area contributed by atoms with Gasteiger partial charge in [-0.2, -0.15) is 0 Å². The first kappa shape index (κ1) is 32.6. The first-order chi connectivity index (χ1) is 23.1. The van der Waals surface area contributed by atoms with Crippen LogP contribution >= 0.6 is 0 Å². The molecule has 1 aromatic heterocycles. The van der Waals surface area contributed by atoms with E-state index in [2.05, 4.69) is 15.6 Å². The second-order valence-corrected chi connectivity index (χ2v) is 12.0. The lowest BCUT2D eigenvalue weighted by atomic mass is 9.98. The number of likely N-dealkylation sites (tertiary alicyclic amines) is 1. The number of ether oxygens (including phenoxy) is 3. The summed E-state index contributed by atoms with van der Waals surface area (Å²) in [5.41, 5.74) is -0.235. The lowest BCUT2D eigenvalue weighted by Gasteiger charge is -2.30. The number of hydrogen-bond donors (Lipinski definition) is 3. The van der Waals surface area contributed by atoms with Crippen LogP contribution in [-0.2, 0) is 14.4 Å². The van der Waals surface area contributed by atoms with E-state index in [9.17, 15) is 18.8 Å². The number of methoxy groups -OCH3 is 1. The van der Waals surface area contributed by atoms with Crippen molar-refractivity contribution in [3.63, 3.8) is 0 Å². The number of hydrogen-bond acceptors (Lipinski definition) is 8. The highest BCUT2D eigenvalue weighted by Gasteiger charge is 2.56. The van der Waals surface area contributed by atoms with Gasteiger partial charge in [-0.3, -0.25) is 24.3 Å². The molecule has 0 atom stereocenters. The summed E-state index contributed by atoms with van der Waals surface area (Å²) in [6, 6.07) is 14.2. The highest BCUT2D eigenvalue weighted by Crippen LogP contribution is 2.48. The van der Waals surface area contributed by atoms with Crippen molar-refractivity contribution in [1.29, 1.82) is 0 Å². The Morgan fingerprint density at radius 3 is 2.23 bits per heavy atom. The molecule has 1 saturated heterocycles. The van der Waals surface area contributed by atoms with Gasteiger partial charge >= 0.3 is 5.97 Å². The number of aromatic nitrogens is 1. The number of carboxylic acid groups (broad SMARTS) is 1. The van der Waals surface area contributed by atoms with Crippen molar-refractivity contribution in [2.45, 2.75) is 25.7 Å². The molecule has 3 N–H and O–H groups in total. The number of rotatable bonds is 12. The van der Waals surface area contributed by atoms with E-state index in [0.717, 1.165) is 18.9 Å². The van der Waals surface area contributed by atoms with E-state index in [4.69, 9.17) is 19.3 Å². The number of carboxylic acids is 1. The third-order valence-corrected chi connectivity index (χ3v) is 8.66. The van der Waals surface area contributed by atoms with Gasteiger partial charge in [0.15, 0.2) is 23.1 Å². The third-order valence-electron chi connectivity index (χ3n) is 8.66. The summed E-state index contributed by atoms with van der Waals surface area (Å²) in [7, 11) is 1.51. The van der Waals surface area contributed by atoms with E-state index in [1.165, 1.54) is 49.7 Å². The molecule has 1 aliphatic heterocycles. The SMILES string of the molecule is COc1cc2c(Oc3ccc(NC(=O)C4(C(=O)Nc5ccc(F)cc5)CC4)cc3F)ccnc2cc1OCC1CCN(CC(=O)O)CC1. The zero-order valence-electron chi connectivity index (χ0n) is 26.1. The fraction of sp³-hybridized carbons (Fsp3) is 0.314. The maximum absolute atomic E-state index is 15.3. The first-order valence-corrected chi connectivity index (χ1v) is 15.5. The highest BCUT2D eigenvalue weighted by molar-refractivity contribution is 6.16. The van der Waals surface area contributed by atoms with Crippen molar-refractivity contribution < 1.29 is 42.5 Å². The minimum atomic E-state index is -1.29. The molecular formula is C35H34F2N4O7. The van der Waals surface area contributed by atoms with Gasteiger partial charge in [-0.25, -0.2) is 8.78 Å². The molecule has 1 saturated carbocycles. The zero-order valence-corrected chi connectivity index (χ0v) is 26.1. The summed E-state index contributed by atoms with van der Waals surface area (Å²) in [5.74, 6) is -1.67. The Hall–Kier alpha value is -5.30. The first-order valence-electron chi connectivity index (χ1n) is 15.5. The van der Waals surface area contributed by atoms with Gasteiger partial charge in [0.1, 0.15) is 17.0 Å². The zero-order chi connectivity index (χ0) is 33.8. The molecule has 0 spiro atoms. The van der Waals surface area contributed by atoms with Crippen LogP contribution in [0.2, 0.25) is 0 Å². The van der Waals surface area contributed by atoms with E-state index >= 15 is 4.39 Å². The molecule has 2 heterocycles. The number of fused-ring (bicyclic) bond motifs is 1. The Labute approximate surface area is 274 Å². The molecule has 0 radical (unpaired) electrons. The Morgan fingerprint density at radius 2 is 1.58 bits per heavy atom. The number of halogens is 2. The van der Waals surface area contributed by atoms with Gasteiger partial charge in [-0.05, 0) is 93.2 Å². The van der Waals surface area contributed by atoms with Crippen LogP contribution in [0.3, 0.4) is 0 Å². The summed E-state index contributed by atoms with van der Waals surface area (Å²) in [6.07, 6.45) is 3.83. The van der Waals surface area contributed by atoms with E-state index in [-0.39, 0.29) is 23.9 Å². The fourth-order valence-corrected chi connectivity index (χ4v) is 5.70. The van der Waals surface area contributed by atoms with E-state index in [1.54, 1.807) is 18.2 Å². The molecule has 2 fully saturated rings. The number of nitrogens with one attached hydrogen (secondary N) is 2. The molecule has 4 aromatic rings. The average Bonchev–Trinajstić information content (AvgIpc) is 3.89. The number of benzene rings is 3. The van der Waals surface area contributed by atoms with Crippen LogP contribution in [0.25, 0.3) is 10.9 Å². The van der Waals surface area contributed by atoms with E-state index in [0.29, 0.717) is 66.4 Å². The molecule has 48 heavy (non-hydrogen) atoms. The van der Waals surface area contributed by atoms with Crippen molar-refractivity contribution in [1.82, 2.24) is 9.88 Å². The predicted octanol–water partition coefficient (Wildman–Crippen LogP) is 5.85. The van der Waals surface area contributed by atoms with Crippen LogP contribution in [-0.4, -0.2) is 66.1 Å². The molecule has 250 valence electrons. The van der Waals surface area contributed by atoms with Crippen molar-refractivity contribution in [2.75, 3.05) is 44.0 Å². The fourth-order valence-electron chi connectivity index (χ4n) is 5.70. The van der Waals surface area contributed by atoms with Gasteiger partial charge in [0, 0.05) is 35.1 Å². The predicted molar refractivity (Wildman–Crippen MR) is 172 cm³/mol. The summed E-state index contributed by atoms with van der Waals surface area (Å²) in [4.78, 5) is 43.2. The topological polar surface area (TPSA) is 139 Å². The average molecular weight is 661 g/mol. The molecule has 3 aromatic carbocycles. The standard InChI is InChI=1S/C35H34F2N4O7/c1-46-30-17-25-27(18-31(30)47-20-21-9-14-41(15-10-21)19-32(42)43)38-13-8-28(25)48-29-7-6-24(16-26(29)37)40-34(45)35(11-12-35)33(44)39-23-4-2-22(36)3-5-23/h2-8,13,16-18,21H,9-12,14-15,19-20H2,1H3,(H,39,44)(H,40,45)(H,42,43). The monoisotopic (exact) mass is 660 g/mol. The van der Waals surface area contributed by atoms with Gasteiger partial charge in [-0.1, -0.05) is 0 Å². The Morgan fingerprint density at radius 1 is 0.896 bits per heavy atom. The number of anilines is 2. The quantitative estimate of drug-likeness (QED) is 0.160. The van der Waals surface area contributed by atoms with Gasteiger partial charge < -0.3 is 30.0 Å². The summed E-state index contributed by atoms with van der Waals surface area (Å²) in [6.45, 7) is 1.86. The molecule has 0 bridgehead atoms. The molecule has 2 aliphatic rings. The van der Waals surface area contributed by atoms with E-state index in [1.807, 2.05) is 4.90 Å². The minimum Gasteiger partial charge on any atom is -0.493 e. The lowest BCUT2D eigenvalue weighted by molar-refractivity contribution is -0.138. The smallest absolute Gasteiger partial charge is 0.317 e. The number of carbonyl (C=O) groups excluding carboxylic acids is 2. The van der Waals surface area contributed by atoms with Gasteiger partial charge in [0.2, 0.25) is 11.8 Å². The maximum atomic E-state index is 15.3. The van der Waals surface area contributed by atoms with Crippen molar-refractivity contribution in [2.24, 2.45) is 11.3 Å². The van der Waals surface area contributed by atoms with Crippen LogP contribution in [0.1, 0.15) is 25.7 Å². The summed E-state index contributed by atoms with van der Waals surface area (Å²) >= 11 is 0. The van der Waals surface area contributed by atoms with Crippen LogP contribution in [0.4, 0.5) is 20.2 Å². The summed E-state index contributed by atoms with van der Waals surface area (Å²) in [5, 5.41) is 14.8. The van der Waals surface area contributed by atoms with Crippen molar-refractivity contribution in [3.8, 4) is 23.0 Å². The van der Waals surface area contributed by atoms with Crippen molar-refractivity contribution >= 4 is 40.1 Å². The number of nitrogens with zero attached hydrogens (tertiary/aromatic N) is 2. The third kappa shape index (κ3) is 7.31. The normalized spacial score (nSPS) is 15.8. The number of aliphatic carboxylic acids is 1. The van der Waals surface area contributed by atoms with Crippen LogP contribution < -0.4 is 24.8 Å². The second-order valence-electron chi connectivity index (χ2n) is 12.0. The van der Waals surface area contributed by atoms with Crippen LogP contribution in [0, 0.1) is 23.0 Å². The van der Waals surface area contributed by atoms with Gasteiger partial charge in [0.25, 0.3) is 0 Å². The van der Waals surface area contributed by atoms with E-state index < -0.39 is 34.8 Å². The molecule has 11 nitrogen and oxygen atoms in total. The van der Waals surface area contributed by atoms with Gasteiger partial charge in [-0.15, -0.1) is 0 Å². The number of piperidine rings is 1. The Kier molecular flexibility index (Phi) is 9.40. The number of amides is 2. The summed E-state index contributed by atoms with van der Waals surface area (Å²) < 4.78 is 46.1. The largest absolute Gasteiger partial charge is 0.493 e. The Bertz CT molecular complexity index is 1840. The number of pyridine rings is 1. The molecule has 0 unspecified atom stereocenters. The van der Waals surface area contributed by atoms with Crippen LogP contribution in [0.5, 0.6) is 23.0 Å². The highest BCUT2D eigenvalue weighted by atomic mass is 19.1.